The second-order valence-electron chi connectivity index (χ2n) is 8.47. The van der Waals surface area contributed by atoms with Crippen molar-refractivity contribution in [3.63, 3.8) is 0 Å². The van der Waals surface area contributed by atoms with Crippen LogP contribution in [0.4, 0.5) is 13.2 Å². The van der Waals surface area contributed by atoms with E-state index < -0.39 is 18.0 Å². The quantitative estimate of drug-likeness (QED) is 0.723. The van der Waals surface area contributed by atoms with Crippen LogP contribution in [0.25, 0.3) is 0 Å². The second-order valence-corrected chi connectivity index (χ2v) is 8.47. The van der Waals surface area contributed by atoms with E-state index in [1.165, 1.54) is 5.56 Å². The van der Waals surface area contributed by atoms with Crippen molar-refractivity contribution in [1.82, 2.24) is 15.1 Å². The summed E-state index contributed by atoms with van der Waals surface area (Å²) in [5, 5.41) is 2.88. The molecule has 7 heteroatoms. The van der Waals surface area contributed by atoms with E-state index in [0.717, 1.165) is 32.6 Å². The van der Waals surface area contributed by atoms with Crippen LogP contribution < -0.4 is 5.32 Å². The number of carbonyl (C=O) groups excluding carboxylic acids is 1. The number of hydrogen-bond acceptors (Lipinski definition) is 3. The minimum absolute atomic E-state index is 0.0656. The Morgan fingerprint density at radius 2 is 1.93 bits per heavy atom. The Morgan fingerprint density at radius 3 is 2.66 bits per heavy atom. The van der Waals surface area contributed by atoms with Crippen LogP contribution in [0.2, 0.25) is 0 Å². The molecule has 2 aliphatic rings. The largest absolute Gasteiger partial charge is 0.391 e. The zero-order valence-electron chi connectivity index (χ0n) is 17.1. The Kier molecular flexibility index (Phi) is 7.57. The Balaban J connectivity index is 1.45. The number of hydrogen-bond donors (Lipinski definition) is 1. The van der Waals surface area contributed by atoms with Gasteiger partial charge in [0.1, 0.15) is 0 Å². The lowest BCUT2D eigenvalue weighted by Gasteiger charge is -2.40. The van der Waals surface area contributed by atoms with E-state index >= 15 is 0 Å². The van der Waals surface area contributed by atoms with E-state index in [0.29, 0.717) is 25.4 Å². The molecule has 1 aromatic carbocycles. The van der Waals surface area contributed by atoms with Crippen molar-refractivity contribution < 1.29 is 18.0 Å². The third-order valence-corrected chi connectivity index (χ3v) is 6.31. The Bertz CT molecular complexity index is 652. The predicted octanol–water partition coefficient (Wildman–Crippen LogP) is 3.85. The number of carbonyl (C=O) groups is 1. The summed E-state index contributed by atoms with van der Waals surface area (Å²) in [6.07, 6.45) is -2.27. The number of rotatable bonds is 6. The molecule has 3 rings (SSSR count). The van der Waals surface area contributed by atoms with E-state index in [-0.39, 0.29) is 18.7 Å². The van der Waals surface area contributed by atoms with Crippen LogP contribution in [0.15, 0.2) is 30.3 Å². The fourth-order valence-electron chi connectivity index (χ4n) is 4.58. The lowest BCUT2D eigenvalue weighted by atomic mass is 9.80. The van der Waals surface area contributed by atoms with Crippen molar-refractivity contribution in [1.29, 1.82) is 0 Å². The molecule has 3 unspecified atom stereocenters. The second kappa shape index (κ2) is 9.94. The standard InChI is InChI=1S/C22H32F3N3O/c1-27-13-14-28(20(16-27)17-7-3-2-4-8-17)12-6-11-26-21(29)18-9-5-10-19(15-18)22(23,24)25/h2-4,7-8,18-20H,5-6,9-16H2,1H3,(H,26,29). The third-order valence-electron chi connectivity index (χ3n) is 6.31. The normalized spacial score (nSPS) is 27.0. The minimum Gasteiger partial charge on any atom is -0.356 e. The molecule has 1 amide bonds. The van der Waals surface area contributed by atoms with Crippen molar-refractivity contribution >= 4 is 5.91 Å². The van der Waals surface area contributed by atoms with Gasteiger partial charge in [-0.2, -0.15) is 13.2 Å². The summed E-state index contributed by atoms with van der Waals surface area (Å²) < 4.78 is 38.9. The maximum Gasteiger partial charge on any atom is 0.391 e. The van der Waals surface area contributed by atoms with Crippen LogP contribution in [0, 0.1) is 11.8 Å². The molecule has 1 N–H and O–H groups in total. The average molecular weight is 412 g/mol. The highest BCUT2D eigenvalue weighted by Crippen LogP contribution is 2.39. The number of likely N-dealkylation sites (N-methyl/N-ethyl adjacent to an activating group) is 1. The first kappa shape index (κ1) is 22.1. The Morgan fingerprint density at radius 1 is 1.17 bits per heavy atom. The van der Waals surface area contributed by atoms with Gasteiger partial charge in [-0.3, -0.25) is 9.69 Å². The lowest BCUT2D eigenvalue weighted by Crippen LogP contribution is -2.47. The molecule has 29 heavy (non-hydrogen) atoms. The highest BCUT2D eigenvalue weighted by Gasteiger charge is 2.43. The van der Waals surface area contributed by atoms with Gasteiger partial charge in [-0.25, -0.2) is 0 Å². The number of piperazine rings is 1. The predicted molar refractivity (Wildman–Crippen MR) is 107 cm³/mol. The van der Waals surface area contributed by atoms with Gasteiger partial charge < -0.3 is 10.2 Å². The number of halogens is 3. The molecule has 1 aromatic rings. The van der Waals surface area contributed by atoms with Crippen LogP contribution in [0.1, 0.15) is 43.7 Å². The number of nitrogens with zero attached hydrogens (tertiary/aromatic N) is 2. The fraction of sp³-hybridized carbons (Fsp3) is 0.682. The molecule has 2 fully saturated rings. The maximum absolute atomic E-state index is 13.0. The molecule has 0 aromatic heterocycles. The number of alkyl halides is 3. The molecule has 1 heterocycles. The molecule has 1 saturated heterocycles. The number of benzene rings is 1. The smallest absolute Gasteiger partial charge is 0.356 e. The summed E-state index contributed by atoms with van der Waals surface area (Å²) in [4.78, 5) is 17.1. The first-order chi connectivity index (χ1) is 13.8. The van der Waals surface area contributed by atoms with E-state index in [4.69, 9.17) is 0 Å². The molecular weight excluding hydrogens is 379 g/mol. The molecule has 1 aliphatic heterocycles. The first-order valence-corrected chi connectivity index (χ1v) is 10.7. The monoisotopic (exact) mass is 411 g/mol. The summed E-state index contributed by atoms with van der Waals surface area (Å²) in [7, 11) is 2.13. The highest BCUT2D eigenvalue weighted by molar-refractivity contribution is 5.78. The van der Waals surface area contributed by atoms with Gasteiger partial charge in [-0.15, -0.1) is 0 Å². The third kappa shape index (κ3) is 6.19. The molecule has 3 atom stereocenters. The van der Waals surface area contributed by atoms with Gasteiger partial charge >= 0.3 is 6.18 Å². The van der Waals surface area contributed by atoms with Gasteiger partial charge in [0.25, 0.3) is 0 Å². The highest BCUT2D eigenvalue weighted by atomic mass is 19.4. The van der Waals surface area contributed by atoms with Gasteiger partial charge in [0.05, 0.1) is 5.92 Å². The van der Waals surface area contributed by atoms with Gasteiger partial charge in [-0.1, -0.05) is 36.8 Å². The van der Waals surface area contributed by atoms with Gasteiger partial charge in [0.15, 0.2) is 0 Å². The van der Waals surface area contributed by atoms with E-state index in [2.05, 4.69) is 46.4 Å². The van der Waals surface area contributed by atoms with Gasteiger partial charge in [-0.05, 0) is 38.3 Å². The Hall–Kier alpha value is -1.60. The van der Waals surface area contributed by atoms with Crippen molar-refractivity contribution in [2.24, 2.45) is 11.8 Å². The molecule has 1 saturated carbocycles. The zero-order valence-corrected chi connectivity index (χ0v) is 17.1. The van der Waals surface area contributed by atoms with Crippen molar-refractivity contribution in [3.05, 3.63) is 35.9 Å². The average Bonchev–Trinajstić information content (AvgIpc) is 2.72. The van der Waals surface area contributed by atoms with Crippen molar-refractivity contribution in [2.75, 3.05) is 39.8 Å². The molecule has 0 radical (unpaired) electrons. The number of nitrogens with one attached hydrogen (secondary N) is 1. The summed E-state index contributed by atoms with van der Waals surface area (Å²) in [5.74, 6) is -2.04. The molecule has 1 aliphatic carbocycles. The topological polar surface area (TPSA) is 35.6 Å². The van der Waals surface area contributed by atoms with Crippen LogP contribution in [-0.2, 0) is 4.79 Å². The van der Waals surface area contributed by atoms with E-state index in [1.807, 2.05) is 6.07 Å². The summed E-state index contributed by atoms with van der Waals surface area (Å²) in [6.45, 7) is 4.33. The fourth-order valence-corrected chi connectivity index (χ4v) is 4.58. The van der Waals surface area contributed by atoms with Crippen LogP contribution in [0.5, 0.6) is 0 Å². The minimum atomic E-state index is -4.19. The Labute approximate surface area is 171 Å². The van der Waals surface area contributed by atoms with Crippen LogP contribution in [-0.4, -0.2) is 61.7 Å². The van der Waals surface area contributed by atoms with Crippen LogP contribution >= 0.6 is 0 Å². The van der Waals surface area contributed by atoms with E-state index in [9.17, 15) is 18.0 Å². The van der Waals surface area contributed by atoms with Crippen LogP contribution in [0.3, 0.4) is 0 Å². The van der Waals surface area contributed by atoms with Gasteiger partial charge in [0, 0.05) is 44.7 Å². The molecule has 162 valence electrons. The molecule has 4 nitrogen and oxygen atoms in total. The summed E-state index contributed by atoms with van der Waals surface area (Å²) in [6, 6.07) is 10.8. The summed E-state index contributed by atoms with van der Waals surface area (Å²) >= 11 is 0. The SMILES string of the molecule is CN1CCN(CCCNC(=O)C2CCCC(C(F)(F)F)C2)C(c2ccccc2)C1. The summed E-state index contributed by atoms with van der Waals surface area (Å²) in [5.41, 5.74) is 1.29. The molecular formula is C22H32F3N3O. The maximum atomic E-state index is 13.0. The van der Waals surface area contributed by atoms with Crippen molar-refractivity contribution in [2.45, 2.75) is 44.3 Å². The molecule has 0 spiro atoms. The molecule has 0 bridgehead atoms. The van der Waals surface area contributed by atoms with Crippen molar-refractivity contribution in [3.8, 4) is 0 Å². The first-order valence-electron chi connectivity index (χ1n) is 10.7. The van der Waals surface area contributed by atoms with Gasteiger partial charge in [0.2, 0.25) is 5.91 Å². The van der Waals surface area contributed by atoms with E-state index in [1.54, 1.807) is 0 Å². The zero-order chi connectivity index (χ0) is 20.9. The lowest BCUT2D eigenvalue weighted by molar-refractivity contribution is -0.186. The number of amides is 1.